The third-order valence-corrected chi connectivity index (χ3v) is 3.52. The van der Waals surface area contributed by atoms with E-state index in [-0.39, 0.29) is 5.56 Å². The monoisotopic (exact) mass is 335 g/mol. The van der Waals surface area contributed by atoms with Crippen LogP contribution in [0.15, 0.2) is 36.5 Å². The van der Waals surface area contributed by atoms with Crippen LogP contribution in [0, 0.1) is 18.8 Å². The first-order valence-corrected chi connectivity index (χ1v) is 6.92. The number of aryl methyl sites for hydroxylation is 1. The van der Waals surface area contributed by atoms with Gasteiger partial charge in [-0.1, -0.05) is 23.6 Å². The van der Waals surface area contributed by atoms with Gasteiger partial charge >= 0.3 is 6.18 Å². The second-order valence-corrected chi connectivity index (χ2v) is 5.22. The van der Waals surface area contributed by atoms with E-state index in [0.717, 1.165) is 17.7 Å². The molecule has 7 heteroatoms. The Morgan fingerprint density at radius 1 is 1.17 bits per heavy atom. The standard InChI is InChI=1S/C16H9ClF3N3/c1-10-7-14-21-9-13(23(14)22-15(10)17)6-5-11-3-2-4-12(8-11)16(18,19)20/h2-4,7-9H,1H3. The van der Waals surface area contributed by atoms with Gasteiger partial charge in [-0.05, 0) is 42.7 Å². The van der Waals surface area contributed by atoms with Gasteiger partial charge in [0.2, 0.25) is 0 Å². The first-order chi connectivity index (χ1) is 10.8. The molecule has 0 radical (unpaired) electrons. The predicted octanol–water partition coefficient (Wildman–Crippen LogP) is 4.11. The number of benzene rings is 1. The molecule has 116 valence electrons. The third-order valence-electron chi connectivity index (χ3n) is 3.15. The highest BCUT2D eigenvalue weighted by Crippen LogP contribution is 2.29. The molecule has 23 heavy (non-hydrogen) atoms. The number of alkyl halides is 3. The van der Waals surface area contributed by atoms with E-state index in [0.29, 0.717) is 16.5 Å². The lowest BCUT2D eigenvalue weighted by Gasteiger charge is -2.05. The minimum Gasteiger partial charge on any atom is -0.234 e. The summed E-state index contributed by atoms with van der Waals surface area (Å²) in [6, 6.07) is 6.59. The molecule has 2 aromatic heterocycles. The van der Waals surface area contributed by atoms with Crippen molar-refractivity contribution in [1.82, 2.24) is 14.6 Å². The van der Waals surface area contributed by atoms with Crippen molar-refractivity contribution < 1.29 is 13.2 Å². The third kappa shape index (κ3) is 3.15. The Labute approximate surface area is 134 Å². The molecule has 2 heterocycles. The molecule has 0 aliphatic heterocycles. The second kappa shape index (κ2) is 5.60. The Hall–Kier alpha value is -2.52. The number of fused-ring (bicyclic) bond motifs is 1. The van der Waals surface area contributed by atoms with E-state index >= 15 is 0 Å². The largest absolute Gasteiger partial charge is 0.416 e. The topological polar surface area (TPSA) is 30.2 Å². The van der Waals surface area contributed by atoms with Gasteiger partial charge in [-0.3, -0.25) is 0 Å². The van der Waals surface area contributed by atoms with Gasteiger partial charge in [0.1, 0.15) is 5.69 Å². The van der Waals surface area contributed by atoms with Crippen molar-refractivity contribution in [3.05, 3.63) is 64.1 Å². The normalized spacial score (nSPS) is 11.3. The molecule has 0 unspecified atom stereocenters. The number of hydrogen-bond donors (Lipinski definition) is 0. The van der Waals surface area contributed by atoms with Crippen LogP contribution in [0.25, 0.3) is 5.65 Å². The first kappa shape index (κ1) is 15.4. The summed E-state index contributed by atoms with van der Waals surface area (Å²) in [7, 11) is 0. The van der Waals surface area contributed by atoms with Crippen LogP contribution in [0.4, 0.5) is 13.2 Å². The van der Waals surface area contributed by atoms with Gasteiger partial charge in [-0.2, -0.15) is 18.3 Å². The van der Waals surface area contributed by atoms with Crippen LogP contribution in [-0.2, 0) is 6.18 Å². The number of aromatic nitrogens is 3. The average molecular weight is 336 g/mol. The summed E-state index contributed by atoms with van der Waals surface area (Å²) in [6.45, 7) is 1.80. The Morgan fingerprint density at radius 3 is 2.70 bits per heavy atom. The molecule has 0 aliphatic carbocycles. The fraction of sp³-hybridized carbons (Fsp3) is 0.125. The highest BCUT2D eigenvalue weighted by Gasteiger charge is 2.30. The van der Waals surface area contributed by atoms with Crippen molar-refractivity contribution in [2.45, 2.75) is 13.1 Å². The van der Waals surface area contributed by atoms with E-state index < -0.39 is 11.7 Å². The molecule has 0 N–H and O–H groups in total. The number of nitrogens with zero attached hydrogens (tertiary/aromatic N) is 3. The minimum atomic E-state index is -4.40. The zero-order valence-electron chi connectivity index (χ0n) is 11.8. The van der Waals surface area contributed by atoms with E-state index in [2.05, 4.69) is 21.9 Å². The molecular weight excluding hydrogens is 327 g/mol. The van der Waals surface area contributed by atoms with E-state index in [1.165, 1.54) is 22.8 Å². The van der Waals surface area contributed by atoms with E-state index in [1.54, 1.807) is 13.0 Å². The summed E-state index contributed by atoms with van der Waals surface area (Å²) in [5.41, 5.74) is 1.31. The maximum Gasteiger partial charge on any atom is 0.416 e. The summed E-state index contributed by atoms with van der Waals surface area (Å²) in [5.74, 6) is 5.46. The molecule has 3 rings (SSSR count). The van der Waals surface area contributed by atoms with Gasteiger partial charge in [0, 0.05) is 5.56 Å². The summed E-state index contributed by atoms with van der Waals surface area (Å²) in [5, 5.41) is 4.46. The van der Waals surface area contributed by atoms with Crippen molar-refractivity contribution in [3.63, 3.8) is 0 Å². The van der Waals surface area contributed by atoms with Gasteiger partial charge in [0.05, 0.1) is 11.8 Å². The lowest BCUT2D eigenvalue weighted by Crippen LogP contribution is -2.04. The van der Waals surface area contributed by atoms with Crippen molar-refractivity contribution in [1.29, 1.82) is 0 Å². The fourth-order valence-electron chi connectivity index (χ4n) is 1.98. The average Bonchev–Trinajstić information content (AvgIpc) is 2.87. The van der Waals surface area contributed by atoms with Crippen molar-refractivity contribution >= 4 is 17.2 Å². The van der Waals surface area contributed by atoms with Gasteiger partial charge in [-0.15, -0.1) is 0 Å². The van der Waals surface area contributed by atoms with Gasteiger partial charge in [0.15, 0.2) is 10.8 Å². The minimum absolute atomic E-state index is 0.257. The molecule has 0 bridgehead atoms. The molecule has 3 nitrogen and oxygen atoms in total. The zero-order chi connectivity index (χ0) is 16.6. The van der Waals surface area contributed by atoms with E-state index in [4.69, 9.17) is 11.6 Å². The number of imidazole rings is 1. The number of hydrogen-bond acceptors (Lipinski definition) is 2. The maximum absolute atomic E-state index is 12.7. The molecule has 3 aromatic rings. The SMILES string of the molecule is Cc1cc2ncc(C#Cc3cccc(C(F)(F)F)c3)n2nc1Cl. The summed E-state index contributed by atoms with van der Waals surface area (Å²) in [4.78, 5) is 4.15. The Morgan fingerprint density at radius 2 is 1.96 bits per heavy atom. The predicted molar refractivity (Wildman–Crippen MR) is 80.2 cm³/mol. The molecule has 0 saturated carbocycles. The fourth-order valence-corrected chi connectivity index (χ4v) is 2.11. The summed E-state index contributed by atoms with van der Waals surface area (Å²) in [6.07, 6.45) is -2.90. The van der Waals surface area contributed by atoms with Gasteiger partial charge < -0.3 is 0 Å². The van der Waals surface area contributed by atoms with Gasteiger partial charge in [-0.25, -0.2) is 9.50 Å². The van der Waals surface area contributed by atoms with Crippen LogP contribution in [-0.4, -0.2) is 14.6 Å². The highest BCUT2D eigenvalue weighted by molar-refractivity contribution is 6.30. The van der Waals surface area contributed by atoms with Crippen molar-refractivity contribution in [2.24, 2.45) is 0 Å². The van der Waals surface area contributed by atoms with Crippen molar-refractivity contribution in [3.8, 4) is 11.8 Å². The quantitative estimate of drug-likeness (QED) is 0.579. The van der Waals surface area contributed by atoms with Crippen LogP contribution in [0.5, 0.6) is 0 Å². The Kier molecular flexibility index (Phi) is 3.74. The summed E-state index contributed by atoms with van der Waals surface area (Å²) >= 11 is 5.97. The molecule has 0 atom stereocenters. The van der Waals surface area contributed by atoms with Crippen molar-refractivity contribution in [2.75, 3.05) is 0 Å². The molecule has 0 spiro atoms. The lowest BCUT2D eigenvalue weighted by molar-refractivity contribution is -0.137. The van der Waals surface area contributed by atoms with Crippen LogP contribution in [0.1, 0.15) is 22.4 Å². The lowest BCUT2D eigenvalue weighted by atomic mass is 10.1. The Balaban J connectivity index is 2.01. The molecule has 0 amide bonds. The molecule has 0 fully saturated rings. The molecule has 0 saturated heterocycles. The molecule has 0 aliphatic rings. The second-order valence-electron chi connectivity index (χ2n) is 4.86. The number of halogens is 4. The highest BCUT2D eigenvalue weighted by atomic mass is 35.5. The Bertz CT molecular complexity index is 949. The smallest absolute Gasteiger partial charge is 0.234 e. The van der Waals surface area contributed by atoms with Crippen LogP contribution in [0.2, 0.25) is 5.15 Å². The van der Waals surface area contributed by atoms with E-state index in [1.807, 2.05) is 0 Å². The molecule has 1 aromatic carbocycles. The van der Waals surface area contributed by atoms with Crippen LogP contribution < -0.4 is 0 Å². The molecular formula is C16H9ClF3N3. The van der Waals surface area contributed by atoms with E-state index in [9.17, 15) is 13.2 Å². The van der Waals surface area contributed by atoms with Crippen LogP contribution in [0.3, 0.4) is 0 Å². The van der Waals surface area contributed by atoms with Gasteiger partial charge in [0.25, 0.3) is 0 Å². The zero-order valence-corrected chi connectivity index (χ0v) is 12.6. The maximum atomic E-state index is 12.7. The number of rotatable bonds is 0. The van der Waals surface area contributed by atoms with Crippen LogP contribution >= 0.6 is 11.6 Å². The first-order valence-electron chi connectivity index (χ1n) is 6.55. The summed E-state index contributed by atoms with van der Waals surface area (Å²) < 4.78 is 39.5.